The van der Waals surface area contributed by atoms with Gasteiger partial charge in [-0.3, -0.25) is 10.1 Å². The van der Waals surface area contributed by atoms with Gasteiger partial charge in [-0.2, -0.15) is 4.98 Å². The van der Waals surface area contributed by atoms with Crippen molar-refractivity contribution >= 4 is 11.5 Å². The minimum absolute atomic E-state index is 0.0514. The Morgan fingerprint density at radius 1 is 1.40 bits per heavy atom. The van der Waals surface area contributed by atoms with Crippen molar-refractivity contribution in [3.8, 4) is 11.6 Å². The van der Waals surface area contributed by atoms with Crippen molar-refractivity contribution in [1.29, 1.82) is 0 Å². The second-order valence-electron chi connectivity index (χ2n) is 3.86. The molecule has 0 radical (unpaired) electrons. The molecule has 8 nitrogen and oxygen atoms in total. The number of nitro benzene ring substituents is 1. The van der Waals surface area contributed by atoms with Crippen molar-refractivity contribution in [3.63, 3.8) is 0 Å². The Balaban J connectivity index is 2.29. The highest BCUT2D eigenvalue weighted by Crippen LogP contribution is 2.25. The molecule has 3 N–H and O–H groups in total. The molecule has 0 spiro atoms. The van der Waals surface area contributed by atoms with Crippen molar-refractivity contribution in [2.24, 2.45) is 5.84 Å². The number of aromatic nitrogens is 2. The van der Waals surface area contributed by atoms with E-state index in [1.165, 1.54) is 24.3 Å². The number of nitrogens with two attached hydrogens (primary N) is 1. The molecule has 2 aromatic rings. The van der Waals surface area contributed by atoms with E-state index in [4.69, 9.17) is 10.6 Å². The maximum atomic E-state index is 10.7. The third kappa shape index (κ3) is 3.18. The first-order chi connectivity index (χ1) is 9.62. The predicted molar refractivity (Wildman–Crippen MR) is 72.4 cm³/mol. The summed E-state index contributed by atoms with van der Waals surface area (Å²) >= 11 is 0. The predicted octanol–water partition coefficient (Wildman–Crippen LogP) is 2.03. The molecule has 1 aromatic heterocycles. The Labute approximate surface area is 114 Å². The standard InChI is InChI=1S/C12H13N5O3/c1-2-10-14-11(16-13)7-12(15-10)20-9-5-3-4-8(6-9)17(18)19/h3-7H,2,13H2,1H3,(H,14,15,16). The lowest BCUT2D eigenvalue weighted by molar-refractivity contribution is -0.384. The minimum Gasteiger partial charge on any atom is -0.439 e. The second kappa shape index (κ2) is 5.93. The lowest BCUT2D eigenvalue weighted by Crippen LogP contribution is -2.10. The third-order valence-electron chi connectivity index (χ3n) is 2.46. The number of nitro groups is 1. The van der Waals surface area contributed by atoms with Crippen LogP contribution in [0, 0.1) is 10.1 Å². The quantitative estimate of drug-likeness (QED) is 0.487. The van der Waals surface area contributed by atoms with Gasteiger partial charge >= 0.3 is 0 Å². The molecule has 0 atom stereocenters. The van der Waals surface area contributed by atoms with Crippen LogP contribution < -0.4 is 16.0 Å². The van der Waals surface area contributed by atoms with Gasteiger partial charge in [-0.15, -0.1) is 0 Å². The van der Waals surface area contributed by atoms with Crippen LogP contribution in [-0.4, -0.2) is 14.9 Å². The molecular weight excluding hydrogens is 262 g/mol. The number of non-ortho nitro benzene ring substituents is 1. The Bertz CT molecular complexity index is 610. The van der Waals surface area contributed by atoms with Crippen LogP contribution >= 0.6 is 0 Å². The van der Waals surface area contributed by atoms with Crippen molar-refractivity contribution in [3.05, 3.63) is 46.3 Å². The summed E-state index contributed by atoms with van der Waals surface area (Å²) in [6.07, 6.45) is 0.612. The summed E-state index contributed by atoms with van der Waals surface area (Å²) in [7, 11) is 0. The topological polar surface area (TPSA) is 116 Å². The molecule has 2 rings (SSSR count). The third-order valence-corrected chi connectivity index (χ3v) is 2.46. The number of hydrogen-bond acceptors (Lipinski definition) is 7. The summed E-state index contributed by atoms with van der Waals surface area (Å²) in [5.74, 6) is 6.88. The van der Waals surface area contributed by atoms with Gasteiger partial charge in [-0.05, 0) is 6.07 Å². The highest BCUT2D eigenvalue weighted by Gasteiger charge is 2.09. The van der Waals surface area contributed by atoms with Gasteiger partial charge < -0.3 is 10.2 Å². The molecule has 0 aliphatic carbocycles. The van der Waals surface area contributed by atoms with Crippen molar-refractivity contribution in [2.75, 3.05) is 5.43 Å². The molecule has 104 valence electrons. The molecule has 0 unspecified atom stereocenters. The molecule has 0 bridgehead atoms. The molecule has 0 saturated heterocycles. The molecule has 0 fully saturated rings. The van der Waals surface area contributed by atoms with Gasteiger partial charge in [0.05, 0.1) is 11.0 Å². The SMILES string of the molecule is CCc1nc(NN)cc(Oc2cccc([N+](=O)[O-])c2)n1. The van der Waals surface area contributed by atoms with E-state index in [1.807, 2.05) is 6.92 Å². The van der Waals surface area contributed by atoms with E-state index in [1.54, 1.807) is 6.07 Å². The van der Waals surface area contributed by atoms with E-state index in [0.29, 0.717) is 23.8 Å². The van der Waals surface area contributed by atoms with E-state index >= 15 is 0 Å². The smallest absolute Gasteiger partial charge is 0.273 e. The van der Waals surface area contributed by atoms with E-state index in [0.717, 1.165) is 0 Å². The number of nitrogens with one attached hydrogen (secondary N) is 1. The average Bonchev–Trinajstić information content (AvgIpc) is 2.47. The van der Waals surface area contributed by atoms with Gasteiger partial charge in [0.1, 0.15) is 17.4 Å². The number of benzene rings is 1. The van der Waals surface area contributed by atoms with Crippen LogP contribution in [0.5, 0.6) is 11.6 Å². The molecule has 1 aromatic carbocycles. The number of nitrogens with zero attached hydrogens (tertiary/aromatic N) is 3. The van der Waals surface area contributed by atoms with Crippen molar-refractivity contribution in [2.45, 2.75) is 13.3 Å². The molecular formula is C12H13N5O3. The van der Waals surface area contributed by atoms with Crippen LogP contribution in [0.2, 0.25) is 0 Å². The number of nitrogen functional groups attached to an aromatic ring is 1. The fourth-order valence-corrected chi connectivity index (χ4v) is 1.54. The van der Waals surface area contributed by atoms with Crippen molar-refractivity contribution < 1.29 is 9.66 Å². The van der Waals surface area contributed by atoms with E-state index in [9.17, 15) is 10.1 Å². The van der Waals surface area contributed by atoms with Gasteiger partial charge in [0.15, 0.2) is 0 Å². The van der Waals surface area contributed by atoms with Gasteiger partial charge in [0.25, 0.3) is 5.69 Å². The molecule has 0 aliphatic rings. The molecule has 0 aliphatic heterocycles. The summed E-state index contributed by atoms with van der Waals surface area (Å²) in [5.41, 5.74) is 2.37. The van der Waals surface area contributed by atoms with Crippen molar-refractivity contribution in [1.82, 2.24) is 9.97 Å². The van der Waals surface area contributed by atoms with Crippen LogP contribution in [-0.2, 0) is 6.42 Å². The highest BCUT2D eigenvalue weighted by atomic mass is 16.6. The normalized spacial score (nSPS) is 10.1. The van der Waals surface area contributed by atoms with E-state index in [2.05, 4.69) is 15.4 Å². The summed E-state index contributed by atoms with van der Waals surface area (Å²) in [4.78, 5) is 18.5. The number of hydrogen-bond donors (Lipinski definition) is 2. The first-order valence-electron chi connectivity index (χ1n) is 5.89. The minimum atomic E-state index is -0.489. The fourth-order valence-electron chi connectivity index (χ4n) is 1.54. The number of rotatable bonds is 5. The first kappa shape index (κ1) is 13.7. The van der Waals surface area contributed by atoms with Crippen LogP contribution in [0.3, 0.4) is 0 Å². The molecule has 0 saturated carbocycles. The molecule has 20 heavy (non-hydrogen) atoms. The van der Waals surface area contributed by atoms with E-state index < -0.39 is 4.92 Å². The molecule has 0 amide bonds. The second-order valence-corrected chi connectivity index (χ2v) is 3.86. The fraction of sp³-hybridized carbons (Fsp3) is 0.167. The van der Waals surface area contributed by atoms with Crippen LogP contribution in [0.25, 0.3) is 0 Å². The van der Waals surface area contributed by atoms with Gasteiger partial charge in [-0.25, -0.2) is 10.8 Å². The number of aryl methyl sites for hydroxylation is 1. The van der Waals surface area contributed by atoms with Gasteiger partial charge in [0.2, 0.25) is 5.88 Å². The monoisotopic (exact) mass is 275 g/mol. The van der Waals surface area contributed by atoms with Gasteiger partial charge in [0, 0.05) is 18.6 Å². The Morgan fingerprint density at radius 3 is 2.85 bits per heavy atom. The summed E-state index contributed by atoms with van der Waals surface area (Å²) in [5, 5.41) is 10.7. The zero-order chi connectivity index (χ0) is 14.5. The molecule has 1 heterocycles. The zero-order valence-corrected chi connectivity index (χ0v) is 10.7. The summed E-state index contributed by atoms with van der Waals surface area (Å²) in [6, 6.07) is 7.37. The summed E-state index contributed by atoms with van der Waals surface area (Å²) in [6.45, 7) is 1.90. The lowest BCUT2D eigenvalue weighted by Gasteiger charge is -2.08. The van der Waals surface area contributed by atoms with Crippen LogP contribution in [0.4, 0.5) is 11.5 Å². The number of anilines is 1. The maximum absolute atomic E-state index is 10.7. The first-order valence-corrected chi connectivity index (χ1v) is 5.89. The zero-order valence-electron chi connectivity index (χ0n) is 10.7. The number of ether oxygens (including phenoxy) is 1. The lowest BCUT2D eigenvalue weighted by atomic mass is 10.3. The maximum Gasteiger partial charge on any atom is 0.273 e. The summed E-state index contributed by atoms with van der Waals surface area (Å²) < 4.78 is 5.50. The number of hydrazine groups is 1. The Hall–Kier alpha value is -2.74. The van der Waals surface area contributed by atoms with E-state index in [-0.39, 0.29) is 11.6 Å². The Morgan fingerprint density at radius 2 is 2.20 bits per heavy atom. The van der Waals surface area contributed by atoms with Crippen LogP contribution in [0.15, 0.2) is 30.3 Å². The Kier molecular flexibility index (Phi) is 4.06. The molecule has 8 heteroatoms. The largest absolute Gasteiger partial charge is 0.439 e. The average molecular weight is 275 g/mol. The van der Waals surface area contributed by atoms with Gasteiger partial charge in [-0.1, -0.05) is 13.0 Å². The van der Waals surface area contributed by atoms with Crippen LogP contribution in [0.1, 0.15) is 12.7 Å². The highest BCUT2D eigenvalue weighted by molar-refractivity contribution is 5.42.